The summed E-state index contributed by atoms with van der Waals surface area (Å²) in [6.45, 7) is 6.21. The molecule has 4 rings (SSSR count). The van der Waals surface area contributed by atoms with Gasteiger partial charge in [-0.05, 0) is 51.2 Å². The summed E-state index contributed by atoms with van der Waals surface area (Å²) in [6.07, 6.45) is 9.72. The zero-order valence-corrected chi connectivity index (χ0v) is 18.8. The summed E-state index contributed by atoms with van der Waals surface area (Å²) < 4.78 is 6.05. The van der Waals surface area contributed by atoms with Crippen molar-refractivity contribution in [1.29, 1.82) is 0 Å². The highest BCUT2D eigenvalue weighted by Crippen LogP contribution is 2.62. The van der Waals surface area contributed by atoms with Crippen molar-refractivity contribution in [3.63, 3.8) is 0 Å². The average Bonchev–Trinajstić information content (AvgIpc) is 3.12. The monoisotopic (exact) mass is 479 g/mol. The smallest absolute Gasteiger partial charge is 0.191 e. The molecular formula is C19H34IN3OS. The Balaban J connectivity index is 0.00000182. The molecule has 25 heavy (non-hydrogen) atoms. The van der Waals surface area contributed by atoms with Crippen molar-refractivity contribution in [2.45, 2.75) is 82.2 Å². The van der Waals surface area contributed by atoms with Crippen LogP contribution in [0.25, 0.3) is 0 Å². The van der Waals surface area contributed by atoms with Crippen molar-refractivity contribution >= 4 is 41.7 Å². The summed E-state index contributed by atoms with van der Waals surface area (Å²) in [5.41, 5.74) is 0.424. The Kier molecular flexibility index (Phi) is 6.86. The van der Waals surface area contributed by atoms with Crippen molar-refractivity contribution < 1.29 is 4.74 Å². The van der Waals surface area contributed by atoms with Gasteiger partial charge < -0.3 is 15.4 Å². The SMILES string of the molecule is CCN=C(NC1CCC(SCC)C1)NC1C2CCOC2C12CCC2.I. The van der Waals surface area contributed by atoms with E-state index in [1.54, 1.807) is 0 Å². The van der Waals surface area contributed by atoms with Crippen LogP contribution < -0.4 is 10.6 Å². The number of nitrogens with one attached hydrogen (secondary N) is 2. The molecule has 2 N–H and O–H groups in total. The molecule has 5 atom stereocenters. The summed E-state index contributed by atoms with van der Waals surface area (Å²) in [7, 11) is 0. The lowest BCUT2D eigenvalue weighted by atomic mass is 9.46. The number of hydrogen-bond donors (Lipinski definition) is 2. The fourth-order valence-electron chi connectivity index (χ4n) is 5.55. The van der Waals surface area contributed by atoms with Crippen LogP contribution in [0.3, 0.4) is 0 Å². The van der Waals surface area contributed by atoms with E-state index in [-0.39, 0.29) is 24.0 Å². The van der Waals surface area contributed by atoms with Crippen molar-refractivity contribution in [3.8, 4) is 0 Å². The molecule has 6 heteroatoms. The van der Waals surface area contributed by atoms with E-state index in [0.29, 0.717) is 29.5 Å². The first-order chi connectivity index (χ1) is 11.8. The Morgan fingerprint density at radius 3 is 2.72 bits per heavy atom. The molecule has 4 aliphatic rings. The van der Waals surface area contributed by atoms with E-state index in [0.717, 1.165) is 24.4 Å². The van der Waals surface area contributed by atoms with E-state index in [4.69, 9.17) is 9.73 Å². The molecule has 1 aliphatic heterocycles. The minimum Gasteiger partial charge on any atom is -0.377 e. The molecule has 1 saturated heterocycles. The first-order valence-corrected chi connectivity index (χ1v) is 11.1. The molecular weight excluding hydrogens is 445 g/mol. The quantitative estimate of drug-likeness (QED) is 0.358. The molecule has 3 aliphatic carbocycles. The van der Waals surface area contributed by atoms with Gasteiger partial charge in [0.25, 0.3) is 0 Å². The van der Waals surface area contributed by atoms with Gasteiger partial charge in [-0.15, -0.1) is 24.0 Å². The molecule has 0 radical (unpaired) electrons. The molecule has 0 aromatic heterocycles. The predicted molar refractivity (Wildman–Crippen MR) is 117 cm³/mol. The molecule has 4 nitrogen and oxygen atoms in total. The Bertz CT molecular complexity index is 485. The second-order valence-electron chi connectivity index (χ2n) is 8.01. The Hall–Kier alpha value is 0.310. The number of guanidine groups is 1. The lowest BCUT2D eigenvalue weighted by molar-refractivity contribution is -0.171. The van der Waals surface area contributed by atoms with Crippen LogP contribution in [-0.4, -0.2) is 48.3 Å². The van der Waals surface area contributed by atoms with Gasteiger partial charge in [0.05, 0.1) is 6.10 Å². The molecule has 0 aromatic rings. The zero-order chi connectivity index (χ0) is 16.6. The standard InChI is InChI=1S/C19H33N3OS.HI/c1-3-20-18(21-13-6-7-14(12-13)24-4-2)22-16-15-8-11-23-17(15)19(16)9-5-10-19;/h13-17H,3-12H2,1-2H3,(H2,20,21,22);1H. The van der Waals surface area contributed by atoms with E-state index in [2.05, 4.69) is 36.2 Å². The third-order valence-corrected chi connectivity index (χ3v) is 8.01. The molecule has 0 amide bonds. The molecule has 5 unspecified atom stereocenters. The maximum Gasteiger partial charge on any atom is 0.191 e. The normalized spacial score (nSPS) is 38.5. The number of nitrogens with zero attached hydrogens (tertiary/aromatic N) is 1. The van der Waals surface area contributed by atoms with Crippen LogP contribution in [0.5, 0.6) is 0 Å². The first kappa shape index (κ1) is 20.1. The Labute approximate surface area is 174 Å². The lowest BCUT2D eigenvalue weighted by Crippen LogP contribution is -2.72. The van der Waals surface area contributed by atoms with Crippen LogP contribution in [0.4, 0.5) is 0 Å². The Morgan fingerprint density at radius 2 is 2.04 bits per heavy atom. The van der Waals surface area contributed by atoms with Crippen LogP contribution in [-0.2, 0) is 4.74 Å². The van der Waals surface area contributed by atoms with E-state index < -0.39 is 0 Å². The number of fused-ring (bicyclic) bond motifs is 2. The highest BCUT2D eigenvalue weighted by atomic mass is 127. The number of halogens is 1. The topological polar surface area (TPSA) is 45.7 Å². The van der Waals surface area contributed by atoms with Gasteiger partial charge in [-0.3, -0.25) is 4.99 Å². The number of aliphatic imine (C=N–C) groups is 1. The van der Waals surface area contributed by atoms with Gasteiger partial charge in [-0.2, -0.15) is 11.8 Å². The fourth-order valence-corrected chi connectivity index (χ4v) is 6.69. The van der Waals surface area contributed by atoms with Crippen LogP contribution in [0.2, 0.25) is 0 Å². The Morgan fingerprint density at radius 1 is 1.20 bits per heavy atom. The molecule has 0 aromatic carbocycles. The summed E-state index contributed by atoms with van der Waals surface area (Å²) in [6, 6.07) is 1.18. The minimum atomic E-state index is 0. The molecule has 4 fully saturated rings. The number of thioether (sulfide) groups is 1. The summed E-state index contributed by atoms with van der Waals surface area (Å²) in [5.74, 6) is 3.01. The van der Waals surface area contributed by atoms with Gasteiger partial charge in [0.2, 0.25) is 0 Å². The predicted octanol–water partition coefficient (Wildman–Crippen LogP) is 3.79. The zero-order valence-electron chi connectivity index (χ0n) is 15.6. The van der Waals surface area contributed by atoms with Crippen LogP contribution >= 0.6 is 35.7 Å². The molecule has 1 heterocycles. The minimum absolute atomic E-state index is 0. The van der Waals surface area contributed by atoms with E-state index in [1.807, 2.05) is 0 Å². The number of ether oxygens (including phenoxy) is 1. The largest absolute Gasteiger partial charge is 0.377 e. The fraction of sp³-hybridized carbons (Fsp3) is 0.947. The summed E-state index contributed by atoms with van der Waals surface area (Å²) in [5, 5.41) is 8.44. The van der Waals surface area contributed by atoms with Gasteiger partial charge in [0.1, 0.15) is 0 Å². The van der Waals surface area contributed by atoms with Crippen molar-refractivity contribution in [2.24, 2.45) is 16.3 Å². The van der Waals surface area contributed by atoms with Crippen molar-refractivity contribution in [2.75, 3.05) is 18.9 Å². The van der Waals surface area contributed by atoms with Crippen molar-refractivity contribution in [1.82, 2.24) is 10.6 Å². The highest BCUT2D eigenvalue weighted by molar-refractivity contribution is 14.0. The first-order valence-electron chi connectivity index (χ1n) is 10.1. The van der Waals surface area contributed by atoms with Crippen LogP contribution in [0.1, 0.15) is 58.8 Å². The van der Waals surface area contributed by atoms with E-state index >= 15 is 0 Å². The maximum absolute atomic E-state index is 6.05. The number of rotatable bonds is 5. The lowest BCUT2D eigenvalue weighted by Gasteiger charge is -2.63. The van der Waals surface area contributed by atoms with Crippen LogP contribution in [0.15, 0.2) is 4.99 Å². The third kappa shape index (κ3) is 3.68. The third-order valence-electron chi connectivity index (χ3n) is 6.77. The van der Waals surface area contributed by atoms with Gasteiger partial charge in [-0.1, -0.05) is 13.3 Å². The van der Waals surface area contributed by atoms with E-state index in [1.165, 1.54) is 50.7 Å². The van der Waals surface area contributed by atoms with Crippen LogP contribution in [0, 0.1) is 11.3 Å². The number of hydrogen-bond acceptors (Lipinski definition) is 3. The second kappa shape index (κ2) is 8.55. The van der Waals surface area contributed by atoms with E-state index in [9.17, 15) is 0 Å². The molecule has 0 bridgehead atoms. The van der Waals surface area contributed by atoms with Gasteiger partial charge >= 0.3 is 0 Å². The highest BCUT2D eigenvalue weighted by Gasteiger charge is 2.66. The maximum atomic E-state index is 6.05. The average molecular weight is 479 g/mol. The van der Waals surface area contributed by atoms with Gasteiger partial charge in [0.15, 0.2) is 5.96 Å². The van der Waals surface area contributed by atoms with Gasteiger partial charge in [-0.25, -0.2) is 0 Å². The molecule has 144 valence electrons. The summed E-state index contributed by atoms with van der Waals surface area (Å²) >= 11 is 2.12. The summed E-state index contributed by atoms with van der Waals surface area (Å²) in [4.78, 5) is 4.77. The van der Waals surface area contributed by atoms with Crippen molar-refractivity contribution in [3.05, 3.63) is 0 Å². The molecule has 1 spiro atoms. The second-order valence-corrected chi connectivity index (χ2v) is 9.58. The van der Waals surface area contributed by atoms with Gasteiger partial charge in [0, 0.05) is 41.8 Å². The molecule has 3 saturated carbocycles.